The third-order valence-electron chi connectivity index (χ3n) is 3.41. The molecule has 1 nitrogen and oxygen atoms in total. The molecule has 0 saturated heterocycles. The maximum absolute atomic E-state index is 5.83. The number of hydrogen-bond donors (Lipinski definition) is 0. The van der Waals surface area contributed by atoms with Gasteiger partial charge in [-0.1, -0.05) is 53.9 Å². The van der Waals surface area contributed by atoms with Crippen LogP contribution in [0.15, 0.2) is 39.3 Å². The van der Waals surface area contributed by atoms with E-state index in [0.29, 0.717) is 0 Å². The van der Waals surface area contributed by atoms with Gasteiger partial charge in [0, 0.05) is 20.9 Å². The minimum atomic E-state index is 0.128. The molecule has 1 atom stereocenters. The molecule has 2 aromatic rings. The highest BCUT2D eigenvalue weighted by molar-refractivity contribution is 9.11. The van der Waals surface area contributed by atoms with Crippen molar-refractivity contribution in [1.29, 1.82) is 0 Å². The van der Waals surface area contributed by atoms with Gasteiger partial charge >= 0.3 is 0 Å². The normalized spacial score (nSPS) is 14.8. The molecule has 4 heteroatoms. The molecule has 0 amide bonds. The minimum Gasteiger partial charge on any atom is -0.493 e. The molecule has 0 saturated carbocycles. The summed E-state index contributed by atoms with van der Waals surface area (Å²) >= 11 is 11.0. The Morgan fingerprint density at radius 2 is 1.80 bits per heavy atom. The maximum atomic E-state index is 5.83. The zero-order valence-corrected chi connectivity index (χ0v) is 15.7. The van der Waals surface area contributed by atoms with Gasteiger partial charge in [0.05, 0.1) is 11.4 Å². The molecule has 1 aliphatic heterocycles. The van der Waals surface area contributed by atoms with E-state index >= 15 is 0 Å². The Kier molecular flexibility index (Phi) is 4.25. The predicted molar refractivity (Wildman–Crippen MR) is 93.0 cm³/mol. The van der Waals surface area contributed by atoms with Crippen molar-refractivity contribution < 1.29 is 4.74 Å². The highest BCUT2D eigenvalue weighted by atomic mass is 79.9. The number of halogens is 3. The zero-order valence-electron chi connectivity index (χ0n) is 10.9. The lowest BCUT2D eigenvalue weighted by Gasteiger charge is -2.16. The first-order chi connectivity index (χ1) is 9.54. The topological polar surface area (TPSA) is 9.23 Å². The van der Waals surface area contributed by atoms with Crippen molar-refractivity contribution >= 4 is 47.8 Å². The van der Waals surface area contributed by atoms with E-state index in [9.17, 15) is 0 Å². The van der Waals surface area contributed by atoms with E-state index in [1.54, 1.807) is 0 Å². The fourth-order valence-corrected chi connectivity index (χ4v) is 4.33. The zero-order chi connectivity index (χ0) is 14.3. The first kappa shape index (κ1) is 14.6. The second-order valence-electron chi connectivity index (χ2n) is 5.01. The van der Waals surface area contributed by atoms with Gasteiger partial charge < -0.3 is 4.74 Å². The molecule has 20 heavy (non-hydrogen) atoms. The molecule has 1 unspecified atom stereocenters. The van der Waals surface area contributed by atoms with Crippen LogP contribution in [-0.2, 0) is 6.42 Å². The number of aryl methyl sites for hydroxylation is 1. The highest BCUT2D eigenvalue weighted by Gasteiger charge is 2.23. The van der Waals surface area contributed by atoms with E-state index in [0.717, 1.165) is 27.7 Å². The van der Waals surface area contributed by atoms with Crippen LogP contribution in [0.4, 0.5) is 0 Å². The first-order valence-corrected chi connectivity index (χ1v) is 8.91. The van der Waals surface area contributed by atoms with Gasteiger partial charge in [0.2, 0.25) is 0 Å². The standard InChI is InChI=1S/C16H13Br3O/c1-9-4-11(7-12(17)5-9)15(19)14-8-13(18)6-10-2-3-20-16(10)14/h4-8,15H,2-3H2,1H3. The summed E-state index contributed by atoms with van der Waals surface area (Å²) < 4.78 is 8.03. The predicted octanol–water partition coefficient (Wildman–Crippen LogP) is 5.94. The van der Waals surface area contributed by atoms with Crippen LogP contribution in [0.2, 0.25) is 0 Å². The second kappa shape index (κ2) is 5.82. The van der Waals surface area contributed by atoms with Crippen LogP contribution >= 0.6 is 47.8 Å². The summed E-state index contributed by atoms with van der Waals surface area (Å²) in [6, 6.07) is 10.8. The summed E-state index contributed by atoms with van der Waals surface area (Å²) in [4.78, 5) is 0.128. The van der Waals surface area contributed by atoms with Crippen molar-refractivity contribution in [3.8, 4) is 5.75 Å². The smallest absolute Gasteiger partial charge is 0.127 e. The van der Waals surface area contributed by atoms with Gasteiger partial charge in [0.15, 0.2) is 0 Å². The largest absolute Gasteiger partial charge is 0.493 e. The van der Waals surface area contributed by atoms with E-state index in [1.165, 1.54) is 22.3 Å². The van der Waals surface area contributed by atoms with Crippen LogP contribution in [0.5, 0.6) is 5.75 Å². The van der Waals surface area contributed by atoms with Crippen LogP contribution in [0.3, 0.4) is 0 Å². The summed E-state index contributed by atoms with van der Waals surface area (Å²) in [5, 5.41) is 0. The molecule has 0 spiro atoms. The lowest BCUT2D eigenvalue weighted by atomic mass is 10.00. The molecule has 0 fully saturated rings. The van der Waals surface area contributed by atoms with E-state index in [2.05, 4.69) is 85.0 Å². The first-order valence-electron chi connectivity index (χ1n) is 6.41. The third-order valence-corrected chi connectivity index (χ3v) is 5.34. The van der Waals surface area contributed by atoms with E-state index < -0.39 is 0 Å². The summed E-state index contributed by atoms with van der Waals surface area (Å²) in [5.41, 5.74) is 4.94. The Hall–Kier alpha value is -0.320. The van der Waals surface area contributed by atoms with Gasteiger partial charge in [-0.15, -0.1) is 0 Å². The minimum absolute atomic E-state index is 0.128. The molecule has 0 aliphatic carbocycles. The van der Waals surface area contributed by atoms with Crippen molar-refractivity contribution in [3.05, 3.63) is 61.5 Å². The average Bonchev–Trinajstić information content (AvgIpc) is 2.83. The second-order valence-corrected chi connectivity index (χ2v) is 7.75. The number of benzene rings is 2. The molecule has 0 N–H and O–H groups in total. The number of rotatable bonds is 2. The van der Waals surface area contributed by atoms with Crippen molar-refractivity contribution in [1.82, 2.24) is 0 Å². The third kappa shape index (κ3) is 2.83. The van der Waals surface area contributed by atoms with Crippen molar-refractivity contribution in [2.75, 3.05) is 6.61 Å². The molecular weight excluding hydrogens is 448 g/mol. The number of ether oxygens (including phenoxy) is 1. The van der Waals surface area contributed by atoms with E-state index in [1.807, 2.05) is 0 Å². The number of fused-ring (bicyclic) bond motifs is 1. The fourth-order valence-electron chi connectivity index (χ4n) is 2.58. The summed E-state index contributed by atoms with van der Waals surface area (Å²) in [6.45, 7) is 2.88. The molecular formula is C16H13Br3O. The number of alkyl halides is 1. The molecule has 0 bridgehead atoms. The van der Waals surface area contributed by atoms with Gasteiger partial charge in [-0.05, 0) is 47.9 Å². The SMILES string of the molecule is Cc1cc(Br)cc(C(Br)c2cc(Br)cc3c2OCC3)c1. The molecule has 2 aromatic carbocycles. The van der Waals surface area contributed by atoms with Crippen LogP contribution in [0, 0.1) is 6.92 Å². The molecule has 0 aromatic heterocycles. The Balaban J connectivity index is 2.08. The molecule has 0 radical (unpaired) electrons. The average molecular weight is 461 g/mol. The monoisotopic (exact) mass is 458 g/mol. The van der Waals surface area contributed by atoms with Gasteiger partial charge in [0.25, 0.3) is 0 Å². The molecule has 1 aliphatic rings. The number of hydrogen-bond acceptors (Lipinski definition) is 1. The summed E-state index contributed by atoms with van der Waals surface area (Å²) in [7, 11) is 0. The quantitative estimate of drug-likeness (QED) is 0.504. The Morgan fingerprint density at radius 3 is 2.55 bits per heavy atom. The molecule has 104 valence electrons. The van der Waals surface area contributed by atoms with Crippen LogP contribution in [0.25, 0.3) is 0 Å². The van der Waals surface area contributed by atoms with E-state index in [-0.39, 0.29) is 4.83 Å². The molecule has 1 heterocycles. The van der Waals surface area contributed by atoms with Gasteiger partial charge in [-0.3, -0.25) is 0 Å². The fraction of sp³-hybridized carbons (Fsp3) is 0.250. The Bertz CT molecular complexity index is 647. The van der Waals surface area contributed by atoms with Crippen LogP contribution in [0.1, 0.15) is 27.1 Å². The highest BCUT2D eigenvalue weighted by Crippen LogP contribution is 2.43. The van der Waals surface area contributed by atoms with E-state index in [4.69, 9.17) is 4.74 Å². The lowest BCUT2D eigenvalue weighted by Crippen LogP contribution is -1.98. The van der Waals surface area contributed by atoms with Gasteiger partial charge in [-0.2, -0.15) is 0 Å². The Labute approximate surface area is 144 Å². The Morgan fingerprint density at radius 1 is 1.05 bits per heavy atom. The van der Waals surface area contributed by atoms with Crippen LogP contribution < -0.4 is 4.74 Å². The lowest BCUT2D eigenvalue weighted by molar-refractivity contribution is 0.354. The van der Waals surface area contributed by atoms with Crippen molar-refractivity contribution in [2.24, 2.45) is 0 Å². The van der Waals surface area contributed by atoms with Gasteiger partial charge in [0.1, 0.15) is 5.75 Å². The van der Waals surface area contributed by atoms with Gasteiger partial charge in [-0.25, -0.2) is 0 Å². The van der Waals surface area contributed by atoms with Crippen molar-refractivity contribution in [2.45, 2.75) is 18.2 Å². The summed E-state index contributed by atoms with van der Waals surface area (Å²) in [5.74, 6) is 1.03. The summed E-state index contributed by atoms with van der Waals surface area (Å²) in [6.07, 6.45) is 0.985. The van der Waals surface area contributed by atoms with Crippen molar-refractivity contribution in [3.63, 3.8) is 0 Å². The van der Waals surface area contributed by atoms with Crippen LogP contribution in [-0.4, -0.2) is 6.61 Å². The maximum Gasteiger partial charge on any atom is 0.127 e. The molecule has 3 rings (SSSR count).